The number of fused-ring (bicyclic) bond motifs is 4. The first-order chi connectivity index (χ1) is 17.5. The van der Waals surface area contributed by atoms with Crippen LogP contribution in [0.15, 0.2) is 0 Å². The molecular weight excluding hydrogens is 480 g/mol. The van der Waals surface area contributed by atoms with Crippen LogP contribution >= 0.6 is 0 Å². The molecule has 1 saturated heterocycles. The Labute approximate surface area is 229 Å². The van der Waals surface area contributed by atoms with Crippen molar-refractivity contribution in [2.45, 2.75) is 143 Å². The third kappa shape index (κ3) is 3.13. The topological polar surface area (TPSA) is 96.2 Å². The molecule has 1 aliphatic heterocycles. The summed E-state index contributed by atoms with van der Waals surface area (Å²) in [6.07, 6.45) is 6.19. The zero-order valence-electron chi connectivity index (χ0n) is 24.9. The van der Waals surface area contributed by atoms with Gasteiger partial charge in [0.15, 0.2) is 6.10 Å². The van der Waals surface area contributed by atoms with E-state index >= 15 is 0 Å². The van der Waals surface area contributed by atoms with Crippen molar-refractivity contribution in [1.82, 2.24) is 0 Å². The van der Waals surface area contributed by atoms with Crippen molar-refractivity contribution in [3.8, 4) is 0 Å². The highest BCUT2D eigenvalue weighted by Crippen LogP contribution is 2.89. The maximum absolute atomic E-state index is 12.3. The standard InChI is InChI=1S/C32H52O6/c1-17-15-19(26(28(5,6)36)37-18(2)33)38-24-23(17)29(7)13-14-32-16-31(32)12-11-22(34)27(3,4)20(31)9-10-21(32)30(29,8)25(24)35/h17,19-26,34-36H,9-16H2,1-8H3/t17-,19-,20+,21+,22+,23+,24+,25+,26+,29-,30-,31-,32+/m1/s1. The molecule has 6 heteroatoms. The zero-order valence-corrected chi connectivity index (χ0v) is 24.9. The maximum Gasteiger partial charge on any atom is 0.303 e. The predicted molar refractivity (Wildman–Crippen MR) is 144 cm³/mol. The lowest BCUT2D eigenvalue weighted by Gasteiger charge is -2.63. The summed E-state index contributed by atoms with van der Waals surface area (Å²) in [6, 6.07) is 0. The third-order valence-electron chi connectivity index (χ3n) is 14.1. The quantitative estimate of drug-likeness (QED) is 0.449. The Hall–Kier alpha value is -0.690. The van der Waals surface area contributed by atoms with Crippen molar-refractivity contribution in [3.05, 3.63) is 0 Å². The van der Waals surface area contributed by atoms with E-state index in [0.29, 0.717) is 23.7 Å². The van der Waals surface area contributed by atoms with Crippen molar-refractivity contribution < 1.29 is 29.6 Å². The largest absolute Gasteiger partial charge is 0.457 e. The molecule has 0 aromatic rings. The van der Waals surface area contributed by atoms with Gasteiger partial charge in [-0.15, -0.1) is 0 Å². The van der Waals surface area contributed by atoms with E-state index in [2.05, 4.69) is 34.6 Å². The summed E-state index contributed by atoms with van der Waals surface area (Å²) in [6.45, 7) is 16.4. The van der Waals surface area contributed by atoms with Gasteiger partial charge in [-0.05, 0) is 111 Å². The summed E-state index contributed by atoms with van der Waals surface area (Å²) >= 11 is 0. The molecule has 0 amide bonds. The summed E-state index contributed by atoms with van der Waals surface area (Å²) in [5.74, 6) is 1.09. The van der Waals surface area contributed by atoms with Gasteiger partial charge in [-0.25, -0.2) is 0 Å². The highest BCUT2D eigenvalue weighted by molar-refractivity contribution is 5.66. The normalized spacial score (nSPS) is 55.4. The predicted octanol–water partition coefficient (Wildman–Crippen LogP) is 4.86. The number of rotatable bonds is 3. The van der Waals surface area contributed by atoms with Gasteiger partial charge in [-0.1, -0.05) is 34.6 Å². The average Bonchev–Trinajstić information content (AvgIpc) is 3.44. The first-order valence-electron chi connectivity index (χ1n) is 15.4. The minimum absolute atomic E-state index is 0.0383. The van der Waals surface area contributed by atoms with Gasteiger partial charge in [0.2, 0.25) is 0 Å². The number of hydrogen-bond acceptors (Lipinski definition) is 6. The summed E-state index contributed by atoms with van der Waals surface area (Å²) in [7, 11) is 0. The third-order valence-corrected chi connectivity index (χ3v) is 14.1. The van der Waals surface area contributed by atoms with Crippen molar-refractivity contribution in [1.29, 1.82) is 0 Å². The van der Waals surface area contributed by atoms with Gasteiger partial charge in [0.05, 0.1) is 30.0 Å². The van der Waals surface area contributed by atoms with Crippen LogP contribution in [0.1, 0.15) is 107 Å². The fourth-order valence-electron chi connectivity index (χ4n) is 12.4. The van der Waals surface area contributed by atoms with E-state index in [1.54, 1.807) is 13.8 Å². The molecule has 2 spiro atoms. The summed E-state index contributed by atoms with van der Waals surface area (Å²) in [5, 5.41) is 34.2. The second kappa shape index (κ2) is 7.98. The van der Waals surface area contributed by atoms with Crippen LogP contribution in [-0.2, 0) is 14.3 Å². The van der Waals surface area contributed by atoms with Crippen LogP contribution < -0.4 is 0 Å². The molecule has 38 heavy (non-hydrogen) atoms. The van der Waals surface area contributed by atoms with Crippen LogP contribution in [0.4, 0.5) is 0 Å². The molecule has 6 fully saturated rings. The van der Waals surface area contributed by atoms with E-state index in [9.17, 15) is 20.1 Å². The molecule has 3 N–H and O–H groups in total. The fraction of sp³-hybridized carbons (Fsp3) is 0.969. The summed E-state index contributed by atoms with van der Waals surface area (Å²) < 4.78 is 12.4. The lowest BCUT2D eigenvalue weighted by molar-refractivity contribution is -0.216. The zero-order chi connectivity index (χ0) is 27.8. The van der Waals surface area contributed by atoms with Crippen molar-refractivity contribution in [2.75, 3.05) is 0 Å². The number of aliphatic hydroxyl groups excluding tert-OH is 2. The SMILES string of the molecule is CC(=O)O[C@@H]([C@H]1C[C@@H](C)[C@H]2[C@H](O1)[C@H](O)[C@@]1(C)[C@@H]3CC[C@H]4C(C)(C)[C@@H](O)CC[C@@]45C[C@@]35CC[C@]21C)C(C)(C)O. The molecule has 0 aromatic heterocycles. The van der Waals surface area contributed by atoms with Crippen LogP contribution in [-0.4, -0.2) is 57.4 Å². The van der Waals surface area contributed by atoms with E-state index in [4.69, 9.17) is 9.47 Å². The molecule has 0 bridgehead atoms. The Kier molecular flexibility index (Phi) is 5.77. The van der Waals surface area contributed by atoms with E-state index in [1.807, 2.05) is 0 Å². The Morgan fingerprint density at radius 1 is 1.00 bits per heavy atom. The van der Waals surface area contributed by atoms with E-state index in [1.165, 1.54) is 19.8 Å². The Balaban J connectivity index is 1.35. The van der Waals surface area contributed by atoms with E-state index < -0.39 is 29.9 Å². The minimum Gasteiger partial charge on any atom is -0.457 e. The number of carbonyl (C=O) groups excluding carboxylic acids is 1. The van der Waals surface area contributed by atoms with Crippen molar-refractivity contribution in [2.24, 2.45) is 50.7 Å². The Morgan fingerprint density at radius 2 is 1.63 bits per heavy atom. The smallest absolute Gasteiger partial charge is 0.303 e. The Bertz CT molecular complexity index is 1000. The molecule has 216 valence electrons. The summed E-state index contributed by atoms with van der Waals surface area (Å²) in [4.78, 5) is 11.9. The molecule has 0 radical (unpaired) electrons. The van der Waals surface area contributed by atoms with E-state index in [-0.39, 0.29) is 45.7 Å². The van der Waals surface area contributed by atoms with Gasteiger partial charge in [0.1, 0.15) is 0 Å². The number of carbonyl (C=O) groups is 1. The van der Waals surface area contributed by atoms with Crippen LogP contribution in [0, 0.1) is 50.7 Å². The van der Waals surface area contributed by atoms with Crippen LogP contribution in [0.25, 0.3) is 0 Å². The molecule has 13 atom stereocenters. The van der Waals surface area contributed by atoms with Gasteiger partial charge in [0, 0.05) is 12.3 Å². The molecule has 5 aliphatic carbocycles. The first kappa shape index (κ1) is 27.5. The minimum atomic E-state index is -1.24. The number of hydrogen-bond donors (Lipinski definition) is 3. The number of aliphatic hydroxyl groups is 3. The highest BCUT2D eigenvalue weighted by Gasteiger charge is 2.84. The van der Waals surface area contributed by atoms with Gasteiger partial charge in [-0.2, -0.15) is 0 Å². The number of esters is 1. The molecule has 6 aliphatic rings. The van der Waals surface area contributed by atoms with Crippen LogP contribution in [0.3, 0.4) is 0 Å². The Morgan fingerprint density at radius 3 is 2.26 bits per heavy atom. The summed E-state index contributed by atoms with van der Waals surface area (Å²) in [5.41, 5.74) is -1.01. The van der Waals surface area contributed by atoms with E-state index in [0.717, 1.165) is 32.1 Å². The fourth-order valence-corrected chi connectivity index (χ4v) is 12.4. The molecule has 5 saturated carbocycles. The molecule has 6 rings (SSSR count). The second-order valence-electron chi connectivity index (χ2n) is 16.3. The van der Waals surface area contributed by atoms with Gasteiger partial charge >= 0.3 is 5.97 Å². The first-order valence-corrected chi connectivity index (χ1v) is 15.4. The van der Waals surface area contributed by atoms with Crippen LogP contribution in [0.2, 0.25) is 0 Å². The molecule has 0 unspecified atom stereocenters. The van der Waals surface area contributed by atoms with Gasteiger partial charge in [-0.3, -0.25) is 4.79 Å². The lowest BCUT2D eigenvalue weighted by atomic mass is 9.41. The monoisotopic (exact) mass is 532 g/mol. The second-order valence-corrected chi connectivity index (χ2v) is 16.3. The lowest BCUT2D eigenvalue weighted by Crippen LogP contribution is -2.59. The van der Waals surface area contributed by atoms with Gasteiger partial charge < -0.3 is 24.8 Å². The molecule has 6 nitrogen and oxygen atoms in total. The average molecular weight is 533 g/mol. The van der Waals surface area contributed by atoms with Crippen molar-refractivity contribution >= 4 is 5.97 Å². The maximum atomic E-state index is 12.3. The molecule has 1 heterocycles. The highest BCUT2D eigenvalue weighted by atomic mass is 16.6. The number of ether oxygens (including phenoxy) is 2. The van der Waals surface area contributed by atoms with Gasteiger partial charge in [0.25, 0.3) is 0 Å². The molecular formula is C32H52O6. The van der Waals surface area contributed by atoms with Crippen molar-refractivity contribution in [3.63, 3.8) is 0 Å². The van der Waals surface area contributed by atoms with Crippen LogP contribution in [0.5, 0.6) is 0 Å². The molecule has 0 aromatic carbocycles.